The van der Waals surface area contributed by atoms with E-state index in [9.17, 15) is 0 Å². The Bertz CT molecular complexity index is 575. The summed E-state index contributed by atoms with van der Waals surface area (Å²) in [6, 6.07) is 15.2. The van der Waals surface area contributed by atoms with Crippen LogP contribution in [0.25, 0.3) is 0 Å². The second-order valence-electron chi connectivity index (χ2n) is 5.26. The molecule has 20 heavy (non-hydrogen) atoms. The van der Waals surface area contributed by atoms with Gasteiger partial charge in [-0.25, -0.2) is 0 Å². The maximum atomic E-state index is 3.41. The lowest BCUT2D eigenvalue weighted by Crippen LogP contribution is -2.17. The molecule has 0 saturated heterocycles. The predicted molar refractivity (Wildman–Crippen MR) is 87.8 cm³/mol. The minimum atomic E-state index is 0.905. The van der Waals surface area contributed by atoms with Crippen molar-refractivity contribution >= 4 is 11.4 Å². The van der Waals surface area contributed by atoms with Gasteiger partial charge >= 0.3 is 0 Å². The van der Waals surface area contributed by atoms with Crippen molar-refractivity contribution < 1.29 is 0 Å². The Kier molecular flexibility index (Phi) is 4.80. The summed E-state index contributed by atoms with van der Waals surface area (Å²) >= 11 is 0. The summed E-state index contributed by atoms with van der Waals surface area (Å²) in [6.07, 6.45) is 0. The third kappa shape index (κ3) is 3.20. The van der Waals surface area contributed by atoms with Gasteiger partial charge in [0.1, 0.15) is 0 Å². The van der Waals surface area contributed by atoms with Crippen molar-refractivity contribution in [2.45, 2.75) is 27.3 Å². The molecule has 2 aromatic rings. The molecular weight excluding hydrogens is 244 g/mol. The molecule has 1 N–H and O–H groups in total. The summed E-state index contributed by atoms with van der Waals surface area (Å²) in [5, 5.41) is 3.41. The largest absolute Gasteiger partial charge is 0.344 e. The first kappa shape index (κ1) is 14.6. The zero-order valence-corrected chi connectivity index (χ0v) is 12.9. The van der Waals surface area contributed by atoms with Crippen LogP contribution in [-0.2, 0) is 6.54 Å². The molecule has 2 nitrogen and oxygen atoms in total. The molecule has 0 bridgehead atoms. The van der Waals surface area contributed by atoms with Gasteiger partial charge in [-0.3, -0.25) is 0 Å². The van der Waals surface area contributed by atoms with Gasteiger partial charge in [0.05, 0.1) is 0 Å². The van der Waals surface area contributed by atoms with E-state index in [1.807, 2.05) is 0 Å². The van der Waals surface area contributed by atoms with Crippen LogP contribution in [0.3, 0.4) is 0 Å². The molecule has 0 fully saturated rings. The molecule has 0 heterocycles. The lowest BCUT2D eigenvalue weighted by molar-refractivity contribution is 0.726. The number of nitrogens with zero attached hydrogens (tertiary/aromatic N) is 1. The molecule has 0 atom stereocenters. The highest BCUT2D eigenvalue weighted by atomic mass is 15.1. The zero-order chi connectivity index (χ0) is 14.5. The van der Waals surface area contributed by atoms with Crippen LogP contribution in [0, 0.1) is 13.8 Å². The van der Waals surface area contributed by atoms with Crippen LogP contribution in [0.1, 0.15) is 23.6 Å². The molecule has 0 aliphatic heterocycles. The van der Waals surface area contributed by atoms with Crippen molar-refractivity contribution in [3.63, 3.8) is 0 Å². The van der Waals surface area contributed by atoms with E-state index in [4.69, 9.17) is 0 Å². The monoisotopic (exact) mass is 268 g/mol. The highest BCUT2D eigenvalue weighted by molar-refractivity contribution is 5.68. The van der Waals surface area contributed by atoms with E-state index in [-0.39, 0.29) is 0 Å². The molecule has 0 saturated carbocycles. The van der Waals surface area contributed by atoms with Crippen LogP contribution in [-0.4, -0.2) is 13.6 Å². The van der Waals surface area contributed by atoms with Crippen molar-refractivity contribution in [2.24, 2.45) is 0 Å². The molecule has 0 aromatic heterocycles. The first-order valence-corrected chi connectivity index (χ1v) is 7.23. The number of anilines is 2. The van der Waals surface area contributed by atoms with Crippen LogP contribution in [0.2, 0.25) is 0 Å². The first-order valence-electron chi connectivity index (χ1n) is 7.23. The summed E-state index contributed by atoms with van der Waals surface area (Å²) < 4.78 is 0. The number of rotatable bonds is 5. The number of para-hydroxylation sites is 1. The van der Waals surface area contributed by atoms with Crippen molar-refractivity contribution in [2.75, 3.05) is 18.5 Å². The summed E-state index contributed by atoms with van der Waals surface area (Å²) in [4.78, 5) is 2.28. The maximum Gasteiger partial charge on any atom is 0.0453 e. The average molecular weight is 268 g/mol. The summed E-state index contributed by atoms with van der Waals surface area (Å²) in [5.74, 6) is 0. The molecule has 2 aromatic carbocycles. The van der Waals surface area contributed by atoms with Crippen molar-refractivity contribution in [1.29, 1.82) is 0 Å². The zero-order valence-electron chi connectivity index (χ0n) is 12.9. The lowest BCUT2D eigenvalue weighted by Gasteiger charge is -2.24. The third-order valence-corrected chi connectivity index (χ3v) is 3.63. The Morgan fingerprint density at radius 3 is 2.45 bits per heavy atom. The summed E-state index contributed by atoms with van der Waals surface area (Å²) in [7, 11) is 2.14. The second-order valence-corrected chi connectivity index (χ2v) is 5.26. The SMILES string of the molecule is CCNCc1ccccc1N(C)c1ccc(C)cc1C. The van der Waals surface area contributed by atoms with Gasteiger partial charge in [-0.1, -0.05) is 42.8 Å². The van der Waals surface area contributed by atoms with Gasteiger partial charge < -0.3 is 10.2 Å². The topological polar surface area (TPSA) is 15.3 Å². The highest BCUT2D eigenvalue weighted by Gasteiger charge is 2.10. The first-order chi connectivity index (χ1) is 9.63. The Morgan fingerprint density at radius 1 is 1.00 bits per heavy atom. The van der Waals surface area contributed by atoms with E-state index in [2.05, 4.69) is 80.5 Å². The molecule has 0 aliphatic carbocycles. The third-order valence-electron chi connectivity index (χ3n) is 3.63. The van der Waals surface area contributed by atoms with Crippen LogP contribution in [0.15, 0.2) is 42.5 Å². The fourth-order valence-electron chi connectivity index (χ4n) is 2.56. The van der Waals surface area contributed by atoms with Gasteiger partial charge in [0.2, 0.25) is 0 Å². The molecule has 2 heteroatoms. The summed E-state index contributed by atoms with van der Waals surface area (Å²) in [5.41, 5.74) is 6.48. The second kappa shape index (κ2) is 6.58. The smallest absolute Gasteiger partial charge is 0.0453 e. The normalized spacial score (nSPS) is 10.6. The quantitative estimate of drug-likeness (QED) is 0.875. The van der Waals surface area contributed by atoms with E-state index in [0.717, 1.165) is 13.1 Å². The number of benzene rings is 2. The van der Waals surface area contributed by atoms with Gasteiger partial charge in [-0.2, -0.15) is 0 Å². The molecule has 0 spiro atoms. The van der Waals surface area contributed by atoms with Crippen molar-refractivity contribution in [3.8, 4) is 0 Å². The van der Waals surface area contributed by atoms with Crippen molar-refractivity contribution in [1.82, 2.24) is 5.32 Å². The van der Waals surface area contributed by atoms with E-state index >= 15 is 0 Å². The highest BCUT2D eigenvalue weighted by Crippen LogP contribution is 2.29. The van der Waals surface area contributed by atoms with Crippen LogP contribution in [0.5, 0.6) is 0 Å². The van der Waals surface area contributed by atoms with Crippen LogP contribution < -0.4 is 10.2 Å². The molecule has 106 valence electrons. The summed E-state index contributed by atoms with van der Waals surface area (Å²) in [6.45, 7) is 8.33. The van der Waals surface area contributed by atoms with Crippen LogP contribution in [0.4, 0.5) is 11.4 Å². The standard InChI is InChI=1S/C18H24N2/c1-5-19-13-16-8-6-7-9-18(16)20(4)17-11-10-14(2)12-15(17)3/h6-12,19H,5,13H2,1-4H3. The molecular formula is C18H24N2. The van der Waals surface area contributed by atoms with Gasteiger partial charge in [0.15, 0.2) is 0 Å². The Balaban J connectivity index is 2.35. The Hall–Kier alpha value is -1.80. The maximum absolute atomic E-state index is 3.41. The number of hydrogen-bond acceptors (Lipinski definition) is 2. The minimum absolute atomic E-state index is 0.905. The Labute approximate surface area is 122 Å². The van der Waals surface area contributed by atoms with Gasteiger partial charge in [0, 0.05) is 25.0 Å². The predicted octanol–water partition coefficient (Wildman–Crippen LogP) is 4.18. The lowest BCUT2D eigenvalue weighted by atomic mass is 10.1. The fraction of sp³-hybridized carbons (Fsp3) is 0.333. The van der Waals surface area contributed by atoms with Gasteiger partial charge in [-0.05, 0) is 43.7 Å². The van der Waals surface area contributed by atoms with Crippen LogP contribution >= 0.6 is 0 Å². The van der Waals surface area contributed by atoms with E-state index in [1.54, 1.807) is 0 Å². The number of hydrogen-bond donors (Lipinski definition) is 1. The molecule has 2 rings (SSSR count). The molecule has 0 aliphatic rings. The van der Waals surface area contributed by atoms with E-state index in [0.29, 0.717) is 0 Å². The molecule has 0 amide bonds. The van der Waals surface area contributed by atoms with E-state index < -0.39 is 0 Å². The van der Waals surface area contributed by atoms with E-state index in [1.165, 1.54) is 28.1 Å². The Morgan fingerprint density at radius 2 is 1.75 bits per heavy atom. The van der Waals surface area contributed by atoms with Gasteiger partial charge in [0.25, 0.3) is 0 Å². The fourth-order valence-corrected chi connectivity index (χ4v) is 2.56. The number of nitrogens with one attached hydrogen (secondary N) is 1. The molecule has 0 unspecified atom stereocenters. The average Bonchev–Trinajstić information content (AvgIpc) is 2.45. The number of aryl methyl sites for hydroxylation is 2. The van der Waals surface area contributed by atoms with Gasteiger partial charge in [-0.15, -0.1) is 0 Å². The van der Waals surface area contributed by atoms with Crippen molar-refractivity contribution in [3.05, 3.63) is 59.2 Å². The minimum Gasteiger partial charge on any atom is -0.344 e. The molecule has 0 radical (unpaired) electrons.